The molecule has 110 valence electrons. The smallest absolute Gasteiger partial charge is 0.235 e. The zero-order valence-electron chi connectivity index (χ0n) is 11.4. The highest BCUT2D eigenvalue weighted by Gasteiger charge is 2.22. The normalized spacial score (nSPS) is 12.8. The van der Waals surface area contributed by atoms with E-state index < -0.39 is 5.92 Å². The van der Waals surface area contributed by atoms with Gasteiger partial charge in [-0.15, -0.1) is 0 Å². The Balaban J connectivity index is 2.90. The van der Waals surface area contributed by atoms with Crippen LogP contribution in [-0.4, -0.2) is 24.1 Å². The summed E-state index contributed by atoms with van der Waals surface area (Å²) in [4.78, 5) is 12.2. The summed E-state index contributed by atoms with van der Waals surface area (Å²) >= 11 is 3.33. The second-order valence-corrected chi connectivity index (χ2v) is 5.15. The Morgan fingerprint density at radius 2 is 2.25 bits per heavy atom. The number of carbonyl (C=O) groups excluding carboxylic acids is 1. The maximum Gasteiger partial charge on any atom is 0.235 e. The Labute approximate surface area is 126 Å². The molecule has 1 amide bonds. The van der Waals surface area contributed by atoms with Gasteiger partial charge in [0.2, 0.25) is 5.91 Å². The highest BCUT2D eigenvalue weighted by molar-refractivity contribution is 9.10. The lowest BCUT2D eigenvalue weighted by Crippen LogP contribution is -2.34. The standard InChI is InChI=1S/C13H18BrN3O3/c1-3-4-11(12(15)17-19)13(18)16-9-5-8(14)6-10(7-9)20-2/h5-7,11,19H,3-4H2,1-2H3,(H2,15,17)(H,16,18). The second-order valence-electron chi connectivity index (χ2n) is 4.24. The monoisotopic (exact) mass is 343 g/mol. The number of anilines is 1. The number of oxime groups is 1. The molecule has 1 unspecified atom stereocenters. The highest BCUT2D eigenvalue weighted by atomic mass is 79.9. The Hall–Kier alpha value is -1.76. The molecule has 6 nitrogen and oxygen atoms in total. The summed E-state index contributed by atoms with van der Waals surface area (Å²) in [5.41, 5.74) is 6.13. The van der Waals surface area contributed by atoms with Crippen molar-refractivity contribution in [3.05, 3.63) is 22.7 Å². The van der Waals surface area contributed by atoms with Gasteiger partial charge >= 0.3 is 0 Å². The van der Waals surface area contributed by atoms with E-state index in [9.17, 15) is 4.79 Å². The lowest BCUT2D eigenvalue weighted by Gasteiger charge is -2.15. The molecule has 0 saturated carbocycles. The molecule has 1 aromatic carbocycles. The van der Waals surface area contributed by atoms with Crippen molar-refractivity contribution in [2.75, 3.05) is 12.4 Å². The molecule has 0 fully saturated rings. The highest BCUT2D eigenvalue weighted by Crippen LogP contribution is 2.25. The number of halogens is 1. The van der Waals surface area contributed by atoms with Crippen molar-refractivity contribution in [1.29, 1.82) is 0 Å². The first-order valence-electron chi connectivity index (χ1n) is 6.14. The number of methoxy groups -OCH3 is 1. The van der Waals surface area contributed by atoms with Crippen LogP contribution in [0, 0.1) is 5.92 Å². The van der Waals surface area contributed by atoms with Crippen LogP contribution < -0.4 is 15.8 Å². The lowest BCUT2D eigenvalue weighted by atomic mass is 10.0. The quantitative estimate of drug-likeness (QED) is 0.320. The first-order valence-corrected chi connectivity index (χ1v) is 6.94. The van der Waals surface area contributed by atoms with Crippen LogP contribution in [-0.2, 0) is 4.79 Å². The van der Waals surface area contributed by atoms with E-state index in [4.69, 9.17) is 15.7 Å². The van der Waals surface area contributed by atoms with Gasteiger partial charge < -0.3 is 21.0 Å². The van der Waals surface area contributed by atoms with Crippen molar-refractivity contribution in [3.63, 3.8) is 0 Å². The van der Waals surface area contributed by atoms with E-state index in [1.54, 1.807) is 25.3 Å². The van der Waals surface area contributed by atoms with Gasteiger partial charge in [-0.05, 0) is 18.6 Å². The van der Waals surface area contributed by atoms with Crippen LogP contribution in [0.4, 0.5) is 5.69 Å². The van der Waals surface area contributed by atoms with Crippen LogP contribution >= 0.6 is 15.9 Å². The first-order chi connectivity index (χ1) is 9.51. The fourth-order valence-corrected chi connectivity index (χ4v) is 2.23. The van der Waals surface area contributed by atoms with Gasteiger partial charge in [0.1, 0.15) is 5.75 Å². The molecule has 0 heterocycles. The minimum Gasteiger partial charge on any atom is -0.497 e. The van der Waals surface area contributed by atoms with E-state index in [2.05, 4.69) is 26.4 Å². The van der Waals surface area contributed by atoms with E-state index in [0.717, 1.165) is 10.9 Å². The SMILES string of the molecule is CCCC(C(=O)Nc1cc(Br)cc(OC)c1)/C(N)=N/O. The van der Waals surface area contributed by atoms with Gasteiger partial charge in [0.25, 0.3) is 0 Å². The summed E-state index contributed by atoms with van der Waals surface area (Å²) in [6.07, 6.45) is 1.25. The third kappa shape index (κ3) is 4.41. The van der Waals surface area contributed by atoms with E-state index in [0.29, 0.717) is 17.9 Å². The van der Waals surface area contributed by atoms with E-state index >= 15 is 0 Å². The molecule has 0 aromatic heterocycles. The van der Waals surface area contributed by atoms with Crippen LogP contribution in [0.5, 0.6) is 5.75 Å². The van der Waals surface area contributed by atoms with Crippen LogP contribution in [0.1, 0.15) is 19.8 Å². The number of ether oxygens (including phenoxy) is 1. The molecule has 20 heavy (non-hydrogen) atoms. The molecule has 0 spiro atoms. The average Bonchev–Trinajstić information content (AvgIpc) is 2.43. The number of hydrogen-bond donors (Lipinski definition) is 3. The molecule has 0 aliphatic heterocycles. The fraction of sp³-hybridized carbons (Fsp3) is 0.385. The molecule has 0 radical (unpaired) electrons. The van der Waals surface area contributed by atoms with E-state index in [1.165, 1.54) is 0 Å². The minimum atomic E-state index is -0.657. The van der Waals surface area contributed by atoms with Crippen LogP contribution in [0.25, 0.3) is 0 Å². The van der Waals surface area contributed by atoms with Gasteiger partial charge in [0.15, 0.2) is 5.84 Å². The van der Waals surface area contributed by atoms with Crippen molar-refractivity contribution in [2.24, 2.45) is 16.8 Å². The third-order valence-corrected chi connectivity index (χ3v) is 3.20. The van der Waals surface area contributed by atoms with Gasteiger partial charge in [-0.1, -0.05) is 34.4 Å². The number of rotatable bonds is 6. The van der Waals surface area contributed by atoms with Crippen molar-refractivity contribution in [3.8, 4) is 5.75 Å². The van der Waals surface area contributed by atoms with Crippen LogP contribution in [0.2, 0.25) is 0 Å². The summed E-state index contributed by atoms with van der Waals surface area (Å²) < 4.78 is 5.90. The van der Waals surface area contributed by atoms with Crippen LogP contribution in [0.15, 0.2) is 27.8 Å². The number of amidine groups is 1. The molecular weight excluding hydrogens is 326 g/mol. The number of amides is 1. The number of carbonyl (C=O) groups is 1. The largest absolute Gasteiger partial charge is 0.497 e. The molecular formula is C13H18BrN3O3. The van der Waals surface area contributed by atoms with Gasteiger partial charge in [0.05, 0.1) is 13.0 Å². The zero-order valence-corrected chi connectivity index (χ0v) is 13.0. The number of nitrogens with two attached hydrogens (primary N) is 1. The summed E-state index contributed by atoms with van der Waals surface area (Å²) in [5.74, 6) is -0.450. The summed E-state index contributed by atoms with van der Waals surface area (Å²) in [6, 6.07) is 5.22. The Morgan fingerprint density at radius 1 is 1.55 bits per heavy atom. The molecule has 0 aliphatic rings. The number of hydrogen-bond acceptors (Lipinski definition) is 4. The Kier molecular flexibility index (Phi) is 6.30. The number of nitrogens with one attached hydrogen (secondary N) is 1. The predicted octanol–water partition coefficient (Wildman–Crippen LogP) is 2.56. The molecule has 1 aromatic rings. The molecule has 1 atom stereocenters. The number of benzene rings is 1. The lowest BCUT2D eigenvalue weighted by molar-refractivity contribution is -0.118. The fourth-order valence-electron chi connectivity index (χ4n) is 1.75. The minimum absolute atomic E-state index is 0.0914. The summed E-state index contributed by atoms with van der Waals surface area (Å²) in [7, 11) is 1.55. The molecule has 0 aliphatic carbocycles. The molecule has 0 saturated heterocycles. The second kappa shape index (κ2) is 7.74. The first kappa shape index (κ1) is 16.3. The van der Waals surface area contributed by atoms with Crippen molar-refractivity contribution >= 4 is 33.4 Å². The van der Waals surface area contributed by atoms with Gasteiger partial charge in [0, 0.05) is 16.2 Å². The van der Waals surface area contributed by atoms with Gasteiger partial charge in [-0.25, -0.2) is 0 Å². The summed E-state index contributed by atoms with van der Waals surface area (Å²) in [6.45, 7) is 1.92. The van der Waals surface area contributed by atoms with Crippen LogP contribution in [0.3, 0.4) is 0 Å². The maximum atomic E-state index is 12.2. The van der Waals surface area contributed by atoms with E-state index in [-0.39, 0.29) is 11.7 Å². The number of nitrogens with zero attached hydrogens (tertiary/aromatic N) is 1. The maximum absolute atomic E-state index is 12.2. The van der Waals surface area contributed by atoms with Crippen molar-refractivity contribution in [2.45, 2.75) is 19.8 Å². The van der Waals surface area contributed by atoms with Crippen molar-refractivity contribution < 1.29 is 14.7 Å². The summed E-state index contributed by atoms with van der Waals surface area (Å²) in [5, 5.41) is 14.4. The van der Waals surface area contributed by atoms with E-state index in [1.807, 2.05) is 6.92 Å². The molecule has 7 heteroatoms. The molecule has 0 bridgehead atoms. The van der Waals surface area contributed by atoms with Crippen molar-refractivity contribution in [1.82, 2.24) is 0 Å². The Morgan fingerprint density at radius 3 is 2.80 bits per heavy atom. The third-order valence-electron chi connectivity index (χ3n) is 2.74. The van der Waals surface area contributed by atoms with Gasteiger partial charge in [-0.3, -0.25) is 4.79 Å². The zero-order chi connectivity index (χ0) is 15.1. The Bertz CT molecular complexity index is 506. The molecule has 1 rings (SSSR count). The topological polar surface area (TPSA) is 96.9 Å². The molecule has 4 N–H and O–H groups in total. The average molecular weight is 344 g/mol. The predicted molar refractivity (Wildman–Crippen MR) is 81.1 cm³/mol. The van der Waals surface area contributed by atoms with Gasteiger partial charge in [-0.2, -0.15) is 0 Å².